The van der Waals surface area contributed by atoms with Crippen LogP contribution in [0.4, 0.5) is 24.8 Å². The molecule has 0 unspecified atom stereocenters. The summed E-state index contributed by atoms with van der Waals surface area (Å²) in [5.41, 5.74) is -1.13. The zero-order chi connectivity index (χ0) is 18.4. The Labute approximate surface area is 147 Å². The minimum Gasteiger partial charge on any atom is -0.351 e. The van der Waals surface area contributed by atoms with E-state index in [1.54, 1.807) is 0 Å². The van der Waals surface area contributed by atoms with Gasteiger partial charge in [0.1, 0.15) is 5.69 Å². The number of alkyl halides is 3. The maximum atomic E-state index is 13.1. The summed E-state index contributed by atoms with van der Waals surface area (Å²) in [5, 5.41) is 5.13. The smallest absolute Gasteiger partial charge is 0.351 e. The van der Waals surface area contributed by atoms with Gasteiger partial charge in [-0.25, -0.2) is 9.97 Å². The Bertz CT molecular complexity index is 752. The average molecular weight is 373 g/mol. The van der Waals surface area contributed by atoms with Crippen LogP contribution in [0.5, 0.6) is 0 Å². The second kappa shape index (κ2) is 8.15. The molecular weight excluding hydrogens is 357 g/mol. The number of nitrogens with one attached hydrogen (secondary N) is 2. The molecule has 25 heavy (non-hydrogen) atoms. The maximum Gasteiger partial charge on any atom is 0.418 e. The molecule has 1 aromatic heterocycles. The van der Waals surface area contributed by atoms with E-state index in [1.807, 2.05) is 6.92 Å². The van der Waals surface area contributed by atoms with Gasteiger partial charge in [0, 0.05) is 17.8 Å². The number of aromatic nitrogens is 2. The summed E-state index contributed by atoms with van der Waals surface area (Å²) >= 11 is 5.64. The highest BCUT2D eigenvalue weighted by molar-refractivity contribution is 6.30. The Hall–Kier alpha value is -2.35. The van der Waals surface area contributed by atoms with Gasteiger partial charge < -0.3 is 10.6 Å². The third-order valence-corrected chi connectivity index (χ3v) is 3.47. The van der Waals surface area contributed by atoms with Crippen LogP contribution in [0.15, 0.2) is 30.5 Å². The average Bonchev–Trinajstić information content (AvgIpc) is 2.56. The number of anilines is 2. The molecular formula is C16H16ClF3N4O. The summed E-state index contributed by atoms with van der Waals surface area (Å²) in [6, 6.07) is 4.70. The molecule has 1 heterocycles. The fraction of sp³-hybridized carbons (Fsp3) is 0.312. The van der Waals surface area contributed by atoms with Crippen molar-refractivity contribution in [3.63, 3.8) is 0 Å². The van der Waals surface area contributed by atoms with Crippen molar-refractivity contribution >= 4 is 29.1 Å². The monoisotopic (exact) mass is 372 g/mol. The second-order valence-corrected chi connectivity index (χ2v) is 5.62. The number of unbranched alkanes of at least 4 members (excludes halogenated alkanes) is 1. The van der Waals surface area contributed by atoms with Crippen LogP contribution in [-0.4, -0.2) is 22.4 Å². The van der Waals surface area contributed by atoms with E-state index in [4.69, 9.17) is 11.6 Å². The molecule has 0 saturated carbocycles. The number of benzene rings is 1. The molecule has 0 saturated heterocycles. The van der Waals surface area contributed by atoms with E-state index in [1.165, 1.54) is 24.4 Å². The largest absolute Gasteiger partial charge is 0.418 e. The lowest BCUT2D eigenvalue weighted by Crippen LogP contribution is -2.25. The zero-order valence-electron chi connectivity index (χ0n) is 13.3. The molecule has 0 atom stereocenters. The van der Waals surface area contributed by atoms with Gasteiger partial charge in [0.25, 0.3) is 5.91 Å². The van der Waals surface area contributed by atoms with Gasteiger partial charge in [-0.2, -0.15) is 13.2 Å². The maximum absolute atomic E-state index is 13.1. The van der Waals surface area contributed by atoms with Gasteiger partial charge in [-0.1, -0.05) is 24.9 Å². The van der Waals surface area contributed by atoms with Crippen molar-refractivity contribution in [2.24, 2.45) is 0 Å². The topological polar surface area (TPSA) is 66.9 Å². The van der Waals surface area contributed by atoms with Crippen LogP contribution in [0.2, 0.25) is 5.02 Å². The molecule has 0 spiro atoms. The minimum absolute atomic E-state index is 0.0390. The predicted molar refractivity (Wildman–Crippen MR) is 89.0 cm³/mol. The van der Waals surface area contributed by atoms with E-state index < -0.39 is 17.6 Å². The van der Waals surface area contributed by atoms with E-state index in [0.717, 1.165) is 18.9 Å². The zero-order valence-corrected chi connectivity index (χ0v) is 14.1. The molecule has 0 radical (unpaired) electrons. The quantitative estimate of drug-likeness (QED) is 0.736. The molecule has 0 aliphatic rings. The van der Waals surface area contributed by atoms with Crippen molar-refractivity contribution < 1.29 is 18.0 Å². The second-order valence-electron chi connectivity index (χ2n) is 5.19. The lowest BCUT2D eigenvalue weighted by Gasteiger charge is -2.14. The highest BCUT2D eigenvalue weighted by Crippen LogP contribution is 2.37. The fourth-order valence-corrected chi connectivity index (χ4v) is 2.17. The number of carbonyl (C=O) groups excluding carboxylic acids is 1. The summed E-state index contributed by atoms with van der Waals surface area (Å²) in [5.74, 6) is -0.526. The van der Waals surface area contributed by atoms with Crippen molar-refractivity contribution in [3.05, 3.63) is 46.7 Å². The van der Waals surface area contributed by atoms with Crippen molar-refractivity contribution in [2.45, 2.75) is 25.9 Å². The molecule has 1 aromatic carbocycles. The molecule has 0 fully saturated rings. The van der Waals surface area contributed by atoms with Crippen molar-refractivity contribution in [2.75, 3.05) is 11.9 Å². The lowest BCUT2D eigenvalue weighted by atomic mass is 10.1. The Morgan fingerprint density at radius 2 is 2.04 bits per heavy atom. The van der Waals surface area contributed by atoms with Gasteiger partial charge in [-0.05, 0) is 30.7 Å². The highest BCUT2D eigenvalue weighted by Gasteiger charge is 2.34. The third kappa shape index (κ3) is 5.32. The summed E-state index contributed by atoms with van der Waals surface area (Å²) < 4.78 is 39.3. The van der Waals surface area contributed by atoms with Gasteiger partial charge in [0.15, 0.2) is 0 Å². The van der Waals surface area contributed by atoms with E-state index in [2.05, 4.69) is 20.6 Å². The normalized spacial score (nSPS) is 11.2. The molecule has 2 rings (SSSR count). The van der Waals surface area contributed by atoms with Gasteiger partial charge in [0.05, 0.1) is 11.3 Å². The van der Waals surface area contributed by atoms with E-state index in [-0.39, 0.29) is 22.4 Å². The number of carbonyl (C=O) groups is 1. The number of hydrogen-bond donors (Lipinski definition) is 2. The summed E-state index contributed by atoms with van der Waals surface area (Å²) in [6.45, 7) is 2.49. The minimum atomic E-state index is -4.59. The molecule has 0 bridgehead atoms. The molecule has 9 heteroatoms. The first-order valence-electron chi connectivity index (χ1n) is 7.56. The SMILES string of the molecule is CCCCNC(=O)c1ccnc(Nc2ccc(Cl)cc2C(F)(F)F)n1. The summed E-state index contributed by atoms with van der Waals surface area (Å²) in [7, 11) is 0. The number of nitrogens with zero attached hydrogens (tertiary/aromatic N) is 2. The first-order chi connectivity index (χ1) is 11.8. The van der Waals surface area contributed by atoms with E-state index in [0.29, 0.717) is 6.54 Å². The standard InChI is InChI=1S/C16H16ClF3N4O/c1-2-3-7-21-14(25)13-6-8-22-15(24-13)23-12-5-4-10(17)9-11(12)16(18,19)20/h4-6,8-9H,2-3,7H2,1H3,(H,21,25)(H,22,23,24). The third-order valence-electron chi connectivity index (χ3n) is 3.24. The van der Waals surface area contributed by atoms with E-state index in [9.17, 15) is 18.0 Å². The molecule has 1 amide bonds. The lowest BCUT2D eigenvalue weighted by molar-refractivity contribution is -0.136. The fourth-order valence-electron chi connectivity index (χ4n) is 2.00. The Kier molecular flexibility index (Phi) is 6.19. The van der Waals surface area contributed by atoms with Crippen molar-refractivity contribution in [1.82, 2.24) is 15.3 Å². The van der Waals surface area contributed by atoms with Crippen LogP contribution >= 0.6 is 11.6 Å². The van der Waals surface area contributed by atoms with Crippen LogP contribution in [0, 0.1) is 0 Å². The highest BCUT2D eigenvalue weighted by atomic mass is 35.5. The Morgan fingerprint density at radius 1 is 1.28 bits per heavy atom. The van der Waals surface area contributed by atoms with Gasteiger partial charge in [-0.3, -0.25) is 4.79 Å². The van der Waals surface area contributed by atoms with Crippen LogP contribution in [-0.2, 0) is 6.18 Å². The number of halogens is 4. The van der Waals surface area contributed by atoms with Gasteiger partial charge in [0.2, 0.25) is 5.95 Å². The number of rotatable bonds is 6. The number of hydrogen-bond acceptors (Lipinski definition) is 4. The molecule has 2 aromatic rings. The van der Waals surface area contributed by atoms with E-state index >= 15 is 0 Å². The Morgan fingerprint density at radius 3 is 2.72 bits per heavy atom. The van der Waals surface area contributed by atoms with Crippen LogP contribution in [0.1, 0.15) is 35.8 Å². The number of amides is 1. The first kappa shape index (κ1) is 19.0. The van der Waals surface area contributed by atoms with Crippen LogP contribution < -0.4 is 10.6 Å². The predicted octanol–water partition coefficient (Wildman–Crippen LogP) is 4.42. The molecule has 0 aliphatic carbocycles. The van der Waals surface area contributed by atoms with Crippen LogP contribution in [0.3, 0.4) is 0 Å². The first-order valence-corrected chi connectivity index (χ1v) is 7.94. The molecule has 134 valence electrons. The molecule has 2 N–H and O–H groups in total. The van der Waals surface area contributed by atoms with Gasteiger partial charge in [-0.15, -0.1) is 0 Å². The van der Waals surface area contributed by atoms with Gasteiger partial charge >= 0.3 is 6.18 Å². The summed E-state index contributed by atoms with van der Waals surface area (Å²) in [4.78, 5) is 19.8. The molecule has 5 nitrogen and oxygen atoms in total. The molecule has 0 aliphatic heterocycles. The van der Waals surface area contributed by atoms with Crippen molar-refractivity contribution in [1.29, 1.82) is 0 Å². The van der Waals surface area contributed by atoms with Crippen molar-refractivity contribution in [3.8, 4) is 0 Å². The summed E-state index contributed by atoms with van der Waals surface area (Å²) in [6.07, 6.45) is -1.55. The Balaban J connectivity index is 2.22. The van der Waals surface area contributed by atoms with Crippen LogP contribution in [0.25, 0.3) is 0 Å².